The molecule has 0 fully saturated rings. The third-order valence-corrected chi connectivity index (χ3v) is 4.84. The zero-order chi connectivity index (χ0) is 19.5. The van der Waals surface area contributed by atoms with Gasteiger partial charge in [-0.2, -0.15) is 0 Å². The molecule has 0 saturated heterocycles. The molecule has 0 aliphatic carbocycles. The summed E-state index contributed by atoms with van der Waals surface area (Å²) in [5.41, 5.74) is 3.19. The summed E-state index contributed by atoms with van der Waals surface area (Å²) in [6.45, 7) is -0.157. The SMILES string of the molecule is O=C(CC(c1ccc(Cl)cc1)n1cccc1)Nc1ccc2nc(CO)[nH]c2c1. The van der Waals surface area contributed by atoms with Crippen molar-refractivity contribution in [2.45, 2.75) is 19.1 Å². The van der Waals surface area contributed by atoms with E-state index >= 15 is 0 Å². The Morgan fingerprint density at radius 1 is 1.18 bits per heavy atom. The van der Waals surface area contributed by atoms with Crippen molar-refractivity contribution < 1.29 is 9.90 Å². The average molecular weight is 395 g/mol. The molecule has 4 aromatic rings. The average Bonchev–Trinajstić information content (AvgIpc) is 3.36. The van der Waals surface area contributed by atoms with Gasteiger partial charge in [0, 0.05) is 23.1 Å². The van der Waals surface area contributed by atoms with E-state index in [9.17, 15) is 9.90 Å². The molecule has 0 radical (unpaired) electrons. The van der Waals surface area contributed by atoms with Gasteiger partial charge in [-0.25, -0.2) is 4.98 Å². The molecule has 1 unspecified atom stereocenters. The van der Waals surface area contributed by atoms with Crippen LogP contribution in [0.4, 0.5) is 5.69 Å². The molecule has 2 aromatic heterocycles. The largest absolute Gasteiger partial charge is 0.388 e. The monoisotopic (exact) mass is 394 g/mol. The molecule has 7 heteroatoms. The molecule has 28 heavy (non-hydrogen) atoms. The molecule has 142 valence electrons. The van der Waals surface area contributed by atoms with Gasteiger partial charge < -0.3 is 20.0 Å². The van der Waals surface area contributed by atoms with Gasteiger partial charge in [-0.1, -0.05) is 23.7 Å². The van der Waals surface area contributed by atoms with Gasteiger partial charge in [-0.05, 0) is 48.0 Å². The Balaban J connectivity index is 1.53. The number of nitrogens with zero attached hydrogens (tertiary/aromatic N) is 2. The van der Waals surface area contributed by atoms with Crippen molar-refractivity contribution in [2.24, 2.45) is 0 Å². The van der Waals surface area contributed by atoms with Crippen LogP contribution in [0.3, 0.4) is 0 Å². The third kappa shape index (κ3) is 3.93. The molecule has 1 amide bonds. The van der Waals surface area contributed by atoms with Crippen LogP contribution in [0.1, 0.15) is 23.9 Å². The van der Waals surface area contributed by atoms with Crippen molar-refractivity contribution >= 4 is 34.2 Å². The summed E-state index contributed by atoms with van der Waals surface area (Å²) in [6.07, 6.45) is 4.17. The van der Waals surface area contributed by atoms with Crippen LogP contribution in [0.15, 0.2) is 67.0 Å². The number of benzene rings is 2. The highest BCUT2D eigenvalue weighted by atomic mass is 35.5. The quantitative estimate of drug-likeness (QED) is 0.460. The Kier molecular flexibility index (Phi) is 5.14. The number of hydrogen-bond acceptors (Lipinski definition) is 3. The van der Waals surface area contributed by atoms with Crippen molar-refractivity contribution in [1.29, 1.82) is 0 Å². The van der Waals surface area contributed by atoms with Crippen molar-refractivity contribution in [2.75, 3.05) is 5.32 Å². The van der Waals surface area contributed by atoms with Gasteiger partial charge in [-0.3, -0.25) is 4.79 Å². The molecule has 0 saturated carbocycles. The molecule has 3 N–H and O–H groups in total. The maximum Gasteiger partial charge on any atom is 0.226 e. The van der Waals surface area contributed by atoms with E-state index in [2.05, 4.69) is 15.3 Å². The van der Waals surface area contributed by atoms with Crippen LogP contribution in [0, 0.1) is 0 Å². The maximum atomic E-state index is 12.7. The minimum Gasteiger partial charge on any atom is -0.388 e. The normalized spacial score (nSPS) is 12.2. The number of aromatic amines is 1. The van der Waals surface area contributed by atoms with Crippen molar-refractivity contribution in [1.82, 2.24) is 14.5 Å². The number of aliphatic hydroxyl groups excluding tert-OH is 1. The number of H-pyrrole nitrogens is 1. The van der Waals surface area contributed by atoms with Gasteiger partial charge in [0.1, 0.15) is 12.4 Å². The Bertz CT molecular complexity index is 1090. The number of rotatable bonds is 6. The highest BCUT2D eigenvalue weighted by Crippen LogP contribution is 2.25. The number of carbonyl (C=O) groups is 1. The van der Waals surface area contributed by atoms with E-state index in [0.29, 0.717) is 16.5 Å². The molecular weight excluding hydrogens is 376 g/mol. The highest BCUT2D eigenvalue weighted by molar-refractivity contribution is 6.30. The highest BCUT2D eigenvalue weighted by Gasteiger charge is 2.18. The van der Waals surface area contributed by atoms with Crippen molar-refractivity contribution in [3.05, 3.63) is 83.4 Å². The summed E-state index contributed by atoms with van der Waals surface area (Å²) in [6, 6.07) is 16.7. The number of anilines is 1. The molecule has 2 aromatic carbocycles. The predicted octanol–water partition coefficient (Wildman–Crippen LogP) is 4.13. The van der Waals surface area contributed by atoms with E-state index in [1.165, 1.54) is 0 Å². The van der Waals surface area contributed by atoms with E-state index < -0.39 is 0 Å². The van der Waals surface area contributed by atoms with Crippen LogP contribution in [0.5, 0.6) is 0 Å². The zero-order valence-electron chi connectivity index (χ0n) is 15.0. The van der Waals surface area contributed by atoms with Crippen LogP contribution >= 0.6 is 11.6 Å². The van der Waals surface area contributed by atoms with Gasteiger partial charge in [0.15, 0.2) is 0 Å². The Morgan fingerprint density at radius 2 is 1.93 bits per heavy atom. The smallest absolute Gasteiger partial charge is 0.226 e. The number of fused-ring (bicyclic) bond motifs is 1. The standard InChI is InChI=1S/C21H19ClN4O2/c22-15-5-3-14(4-6-15)19(26-9-1-2-10-26)12-21(28)23-16-7-8-17-18(11-16)25-20(13-27)24-17/h1-11,19,27H,12-13H2,(H,23,28)(H,24,25). The predicted molar refractivity (Wildman–Crippen MR) is 109 cm³/mol. The van der Waals surface area contributed by atoms with Gasteiger partial charge in [0.2, 0.25) is 5.91 Å². The Labute approximate surface area is 166 Å². The second-order valence-electron chi connectivity index (χ2n) is 6.52. The van der Waals surface area contributed by atoms with E-state index in [0.717, 1.165) is 16.6 Å². The van der Waals surface area contributed by atoms with Gasteiger partial charge in [0.25, 0.3) is 0 Å². The number of halogens is 1. The fraction of sp³-hybridized carbons (Fsp3) is 0.143. The lowest BCUT2D eigenvalue weighted by molar-refractivity contribution is -0.116. The fourth-order valence-electron chi connectivity index (χ4n) is 3.24. The molecule has 0 aliphatic heterocycles. The molecule has 0 aliphatic rings. The molecule has 4 rings (SSSR count). The first-order chi connectivity index (χ1) is 13.6. The number of aliphatic hydroxyl groups is 1. The lowest BCUT2D eigenvalue weighted by Gasteiger charge is -2.19. The van der Waals surface area contributed by atoms with Crippen molar-refractivity contribution in [3.63, 3.8) is 0 Å². The number of imidazole rings is 1. The van der Waals surface area contributed by atoms with E-state index in [4.69, 9.17) is 11.6 Å². The molecule has 1 atom stereocenters. The first kappa shape index (κ1) is 18.3. The van der Waals surface area contributed by atoms with E-state index in [1.807, 2.05) is 65.5 Å². The Morgan fingerprint density at radius 3 is 2.64 bits per heavy atom. The minimum absolute atomic E-state index is 0.102. The van der Waals surface area contributed by atoms with Crippen LogP contribution in [0.25, 0.3) is 11.0 Å². The zero-order valence-corrected chi connectivity index (χ0v) is 15.7. The van der Waals surface area contributed by atoms with E-state index in [-0.39, 0.29) is 25.0 Å². The van der Waals surface area contributed by atoms with Crippen LogP contribution in [-0.2, 0) is 11.4 Å². The van der Waals surface area contributed by atoms with Gasteiger partial charge in [0.05, 0.1) is 23.5 Å². The molecule has 0 spiro atoms. The molecule has 6 nitrogen and oxygen atoms in total. The summed E-state index contributed by atoms with van der Waals surface area (Å²) >= 11 is 6.00. The van der Waals surface area contributed by atoms with Gasteiger partial charge in [-0.15, -0.1) is 0 Å². The second-order valence-corrected chi connectivity index (χ2v) is 6.96. The number of nitrogens with one attached hydrogen (secondary N) is 2. The summed E-state index contributed by atoms with van der Waals surface area (Å²) in [4.78, 5) is 20.0. The summed E-state index contributed by atoms with van der Waals surface area (Å²) in [7, 11) is 0. The lowest BCUT2D eigenvalue weighted by atomic mass is 10.0. The third-order valence-electron chi connectivity index (χ3n) is 4.59. The summed E-state index contributed by atoms with van der Waals surface area (Å²) in [5, 5.41) is 12.8. The van der Waals surface area contributed by atoms with Crippen LogP contribution in [-0.4, -0.2) is 25.5 Å². The number of carbonyl (C=O) groups excluding carboxylic acids is 1. The minimum atomic E-state index is -0.157. The van der Waals surface area contributed by atoms with Crippen molar-refractivity contribution in [3.8, 4) is 0 Å². The topological polar surface area (TPSA) is 82.9 Å². The first-order valence-corrected chi connectivity index (χ1v) is 9.27. The number of aromatic nitrogens is 3. The summed E-state index contributed by atoms with van der Waals surface area (Å²) < 4.78 is 2.01. The number of amides is 1. The van der Waals surface area contributed by atoms with Gasteiger partial charge >= 0.3 is 0 Å². The second kappa shape index (κ2) is 7.88. The van der Waals surface area contributed by atoms with E-state index in [1.54, 1.807) is 6.07 Å². The fourth-order valence-corrected chi connectivity index (χ4v) is 3.36. The first-order valence-electron chi connectivity index (χ1n) is 8.89. The molecular formula is C21H19ClN4O2. The van der Waals surface area contributed by atoms with Crippen LogP contribution < -0.4 is 5.32 Å². The molecule has 2 heterocycles. The molecule has 0 bridgehead atoms. The van der Waals surface area contributed by atoms with Crippen LogP contribution in [0.2, 0.25) is 5.02 Å². The number of hydrogen-bond donors (Lipinski definition) is 3. The Hall–Kier alpha value is -3.09. The lowest BCUT2D eigenvalue weighted by Crippen LogP contribution is -2.19. The maximum absolute atomic E-state index is 12.7. The summed E-state index contributed by atoms with van der Waals surface area (Å²) in [5.74, 6) is 0.392.